The van der Waals surface area contributed by atoms with E-state index < -0.39 is 0 Å². The zero-order valence-electron chi connectivity index (χ0n) is 9.99. The van der Waals surface area contributed by atoms with Crippen molar-refractivity contribution < 1.29 is 5.11 Å². The molecule has 90 valence electrons. The number of aliphatic hydroxyl groups is 1. The van der Waals surface area contributed by atoms with E-state index in [9.17, 15) is 0 Å². The molecule has 0 aromatic rings. The third kappa shape index (κ3) is 2.05. The summed E-state index contributed by atoms with van der Waals surface area (Å²) in [4.78, 5) is 0. The van der Waals surface area contributed by atoms with Crippen molar-refractivity contribution in [1.29, 1.82) is 0 Å². The molecule has 16 heavy (non-hydrogen) atoms. The standard InChI is InChI=1S/C14H23NO/c16-6-5-14(3-4-14)10-15-9-13-8-11-1-2-12(13)7-11/h1-2,11-13,15-16H,3-10H2. The molecule has 0 amide bonds. The minimum absolute atomic E-state index is 0.360. The van der Waals surface area contributed by atoms with E-state index in [1.54, 1.807) is 0 Å². The highest BCUT2D eigenvalue weighted by Crippen LogP contribution is 2.48. The van der Waals surface area contributed by atoms with Gasteiger partial charge in [-0.3, -0.25) is 0 Å². The van der Waals surface area contributed by atoms with Gasteiger partial charge in [-0.05, 0) is 61.8 Å². The third-order valence-electron chi connectivity index (χ3n) is 4.92. The highest BCUT2D eigenvalue weighted by molar-refractivity contribution is 5.10. The van der Waals surface area contributed by atoms with Crippen molar-refractivity contribution in [1.82, 2.24) is 5.32 Å². The predicted octanol–water partition coefficient (Wildman–Crippen LogP) is 1.95. The van der Waals surface area contributed by atoms with E-state index in [0.717, 1.165) is 30.7 Å². The molecule has 3 aliphatic carbocycles. The molecule has 2 fully saturated rings. The van der Waals surface area contributed by atoms with Gasteiger partial charge in [-0.25, -0.2) is 0 Å². The van der Waals surface area contributed by atoms with Crippen LogP contribution < -0.4 is 5.32 Å². The average molecular weight is 221 g/mol. The smallest absolute Gasteiger partial charge is 0.0436 e. The molecule has 2 heteroatoms. The van der Waals surface area contributed by atoms with Gasteiger partial charge in [-0.2, -0.15) is 0 Å². The largest absolute Gasteiger partial charge is 0.396 e. The van der Waals surface area contributed by atoms with E-state index in [1.165, 1.54) is 32.2 Å². The Labute approximate surface area is 98.1 Å². The van der Waals surface area contributed by atoms with Crippen LogP contribution in [0.2, 0.25) is 0 Å². The SMILES string of the molecule is OCCC1(CNCC2CC3C=CC2C3)CC1. The number of allylic oxidation sites excluding steroid dienone is 2. The summed E-state index contributed by atoms with van der Waals surface area (Å²) in [6.45, 7) is 2.68. The highest BCUT2D eigenvalue weighted by Gasteiger charge is 2.42. The molecule has 3 unspecified atom stereocenters. The van der Waals surface area contributed by atoms with Gasteiger partial charge in [-0.15, -0.1) is 0 Å². The topological polar surface area (TPSA) is 32.3 Å². The fourth-order valence-electron chi connectivity index (χ4n) is 3.58. The summed E-state index contributed by atoms with van der Waals surface area (Å²) in [5.74, 6) is 2.65. The van der Waals surface area contributed by atoms with Crippen molar-refractivity contribution in [3.05, 3.63) is 12.2 Å². The number of hydrogen-bond acceptors (Lipinski definition) is 2. The molecule has 0 aliphatic heterocycles. The van der Waals surface area contributed by atoms with Crippen molar-refractivity contribution in [3.63, 3.8) is 0 Å². The summed E-state index contributed by atoms with van der Waals surface area (Å²) in [6.07, 6.45) is 11.3. The molecule has 2 saturated carbocycles. The van der Waals surface area contributed by atoms with Crippen molar-refractivity contribution in [2.24, 2.45) is 23.2 Å². The Hall–Kier alpha value is -0.340. The molecule has 0 radical (unpaired) electrons. The van der Waals surface area contributed by atoms with Crippen molar-refractivity contribution in [2.75, 3.05) is 19.7 Å². The van der Waals surface area contributed by atoms with E-state index in [-0.39, 0.29) is 0 Å². The number of hydrogen-bond donors (Lipinski definition) is 2. The molecule has 3 rings (SSSR count). The van der Waals surface area contributed by atoms with Crippen LogP contribution in [0.15, 0.2) is 12.2 Å². The van der Waals surface area contributed by atoms with Gasteiger partial charge < -0.3 is 10.4 Å². The maximum Gasteiger partial charge on any atom is 0.0436 e. The lowest BCUT2D eigenvalue weighted by molar-refractivity contribution is 0.242. The first kappa shape index (κ1) is 10.8. The lowest BCUT2D eigenvalue weighted by Crippen LogP contribution is -2.31. The Morgan fingerprint density at radius 1 is 1.25 bits per heavy atom. The molecule has 0 aromatic heterocycles. The Kier molecular flexibility index (Phi) is 2.80. The second-order valence-electron chi connectivity index (χ2n) is 6.14. The van der Waals surface area contributed by atoms with E-state index in [1.807, 2.05) is 0 Å². The Balaban J connectivity index is 1.39. The van der Waals surface area contributed by atoms with E-state index in [4.69, 9.17) is 5.11 Å². The van der Waals surface area contributed by atoms with Gasteiger partial charge in [0.2, 0.25) is 0 Å². The second kappa shape index (κ2) is 4.15. The Bertz CT molecular complexity index is 282. The summed E-state index contributed by atoms with van der Waals surface area (Å²) >= 11 is 0. The first-order valence-corrected chi connectivity index (χ1v) is 6.81. The van der Waals surface area contributed by atoms with Crippen LogP contribution in [-0.2, 0) is 0 Å². The molecule has 0 heterocycles. The van der Waals surface area contributed by atoms with Crippen LogP contribution in [0, 0.1) is 23.2 Å². The zero-order chi connectivity index (χ0) is 11.0. The maximum atomic E-state index is 9.00. The molecule has 3 aliphatic rings. The molecular weight excluding hydrogens is 198 g/mol. The van der Waals surface area contributed by atoms with Gasteiger partial charge >= 0.3 is 0 Å². The lowest BCUT2D eigenvalue weighted by Gasteiger charge is -2.21. The summed E-state index contributed by atoms with van der Waals surface area (Å²) < 4.78 is 0. The minimum atomic E-state index is 0.360. The first-order chi connectivity index (χ1) is 7.81. The normalized spacial score (nSPS) is 38.2. The summed E-state index contributed by atoms with van der Waals surface area (Å²) in [5, 5.41) is 12.7. The molecular formula is C14H23NO. The quantitative estimate of drug-likeness (QED) is 0.672. The number of nitrogens with one attached hydrogen (secondary N) is 1. The van der Waals surface area contributed by atoms with Gasteiger partial charge in [0.05, 0.1) is 0 Å². The van der Waals surface area contributed by atoms with Gasteiger partial charge in [0.15, 0.2) is 0 Å². The summed E-state index contributed by atoms with van der Waals surface area (Å²) in [7, 11) is 0. The van der Waals surface area contributed by atoms with Crippen molar-refractivity contribution in [3.8, 4) is 0 Å². The number of aliphatic hydroxyl groups excluding tert-OH is 1. The Morgan fingerprint density at radius 3 is 2.69 bits per heavy atom. The van der Waals surface area contributed by atoms with E-state index >= 15 is 0 Å². The van der Waals surface area contributed by atoms with Gasteiger partial charge in [0.25, 0.3) is 0 Å². The number of fused-ring (bicyclic) bond motifs is 2. The first-order valence-electron chi connectivity index (χ1n) is 6.81. The van der Waals surface area contributed by atoms with Crippen LogP contribution in [0.1, 0.15) is 32.1 Å². The highest BCUT2D eigenvalue weighted by atomic mass is 16.3. The lowest BCUT2D eigenvalue weighted by atomic mass is 9.93. The van der Waals surface area contributed by atoms with Crippen molar-refractivity contribution in [2.45, 2.75) is 32.1 Å². The molecule has 2 bridgehead atoms. The molecule has 2 nitrogen and oxygen atoms in total. The van der Waals surface area contributed by atoms with Crippen LogP contribution >= 0.6 is 0 Å². The summed E-state index contributed by atoms with van der Waals surface area (Å²) in [6, 6.07) is 0. The number of rotatable bonds is 6. The molecule has 2 N–H and O–H groups in total. The second-order valence-corrected chi connectivity index (χ2v) is 6.14. The van der Waals surface area contributed by atoms with Crippen LogP contribution in [-0.4, -0.2) is 24.8 Å². The van der Waals surface area contributed by atoms with Crippen LogP contribution in [0.5, 0.6) is 0 Å². The van der Waals surface area contributed by atoms with Gasteiger partial charge in [0, 0.05) is 13.2 Å². The predicted molar refractivity (Wildman–Crippen MR) is 65.1 cm³/mol. The maximum absolute atomic E-state index is 9.00. The van der Waals surface area contributed by atoms with Crippen molar-refractivity contribution >= 4 is 0 Å². The third-order valence-corrected chi connectivity index (χ3v) is 4.92. The molecule has 3 atom stereocenters. The Morgan fingerprint density at radius 2 is 2.12 bits per heavy atom. The molecule has 0 aromatic carbocycles. The summed E-state index contributed by atoms with van der Waals surface area (Å²) in [5.41, 5.74) is 0.474. The van der Waals surface area contributed by atoms with Crippen LogP contribution in [0.25, 0.3) is 0 Å². The molecule has 0 spiro atoms. The fourth-order valence-corrected chi connectivity index (χ4v) is 3.58. The monoisotopic (exact) mass is 221 g/mol. The van der Waals surface area contributed by atoms with E-state index in [0.29, 0.717) is 12.0 Å². The van der Waals surface area contributed by atoms with Gasteiger partial charge in [0.1, 0.15) is 0 Å². The van der Waals surface area contributed by atoms with E-state index in [2.05, 4.69) is 17.5 Å². The zero-order valence-corrected chi connectivity index (χ0v) is 9.99. The van der Waals surface area contributed by atoms with Crippen LogP contribution in [0.3, 0.4) is 0 Å². The molecule has 0 saturated heterocycles. The van der Waals surface area contributed by atoms with Crippen LogP contribution in [0.4, 0.5) is 0 Å². The minimum Gasteiger partial charge on any atom is -0.396 e. The fraction of sp³-hybridized carbons (Fsp3) is 0.857. The average Bonchev–Trinajstić information content (AvgIpc) is 2.75. The van der Waals surface area contributed by atoms with Gasteiger partial charge in [-0.1, -0.05) is 12.2 Å².